The number of benzene rings is 2. The van der Waals surface area contributed by atoms with Gasteiger partial charge in [-0.3, -0.25) is 9.59 Å². The highest BCUT2D eigenvalue weighted by molar-refractivity contribution is 6.04. The third kappa shape index (κ3) is 4.45. The van der Waals surface area contributed by atoms with Crippen LogP contribution in [0.25, 0.3) is 11.5 Å². The molecule has 0 unspecified atom stereocenters. The number of fused-ring (bicyclic) bond motifs is 1. The van der Waals surface area contributed by atoms with E-state index in [-0.39, 0.29) is 36.4 Å². The van der Waals surface area contributed by atoms with Crippen LogP contribution < -0.4 is 5.32 Å². The maximum Gasteiger partial charge on any atom is 0.259 e. The summed E-state index contributed by atoms with van der Waals surface area (Å²) in [5, 5.41) is 10.7. The summed E-state index contributed by atoms with van der Waals surface area (Å²) in [6.45, 7) is 4.39. The highest BCUT2D eigenvalue weighted by Crippen LogP contribution is 2.28. The van der Waals surface area contributed by atoms with Crippen molar-refractivity contribution in [1.29, 1.82) is 0 Å². The minimum Gasteiger partial charge on any atom is -0.330 e. The van der Waals surface area contributed by atoms with E-state index in [4.69, 9.17) is 0 Å². The van der Waals surface area contributed by atoms with Gasteiger partial charge in [0.1, 0.15) is 29.5 Å². The van der Waals surface area contributed by atoms with Gasteiger partial charge in [-0.2, -0.15) is 0 Å². The number of nitrogens with zero attached hydrogens (tertiary/aromatic N) is 5. The zero-order chi connectivity index (χ0) is 25.4. The molecule has 2 aromatic heterocycles. The first-order valence-electron chi connectivity index (χ1n) is 11.3. The van der Waals surface area contributed by atoms with Crippen LogP contribution in [0.3, 0.4) is 0 Å². The van der Waals surface area contributed by atoms with Gasteiger partial charge in [-0.25, -0.2) is 13.8 Å². The van der Waals surface area contributed by atoms with E-state index in [1.165, 1.54) is 41.3 Å². The summed E-state index contributed by atoms with van der Waals surface area (Å²) in [5.74, 6) is -1.30. The van der Waals surface area contributed by atoms with E-state index < -0.39 is 17.5 Å². The quantitative estimate of drug-likeness (QED) is 0.443. The molecule has 1 N–H and O–H groups in total. The van der Waals surface area contributed by atoms with E-state index in [9.17, 15) is 18.4 Å². The number of hydrogen-bond acceptors (Lipinski definition) is 5. The molecule has 0 saturated heterocycles. The van der Waals surface area contributed by atoms with Crippen molar-refractivity contribution in [2.75, 3.05) is 5.32 Å². The van der Waals surface area contributed by atoms with Crippen molar-refractivity contribution in [3.05, 3.63) is 94.8 Å². The molecule has 2 aromatic carbocycles. The number of halogens is 2. The zero-order valence-corrected chi connectivity index (χ0v) is 19.6. The molecule has 0 atom stereocenters. The SMILES string of the molecule is CC(C)n1cnnc1-c1cccc(NC(=O)c2cc3c(cc2F)CN(C(=O)c2ccc(F)cc2)C3)n1. The Balaban J connectivity index is 1.34. The second-order valence-corrected chi connectivity index (χ2v) is 8.79. The fraction of sp³-hybridized carbons (Fsp3) is 0.192. The molecule has 3 heterocycles. The van der Waals surface area contributed by atoms with Crippen LogP contribution in [0, 0.1) is 11.6 Å². The molecule has 2 amide bonds. The van der Waals surface area contributed by atoms with Crippen LogP contribution in [-0.2, 0) is 13.1 Å². The molecule has 4 aromatic rings. The molecule has 10 heteroatoms. The van der Waals surface area contributed by atoms with Crippen molar-refractivity contribution in [3.8, 4) is 11.5 Å². The molecule has 0 fully saturated rings. The van der Waals surface area contributed by atoms with Crippen LogP contribution in [0.15, 0.2) is 60.9 Å². The molecule has 182 valence electrons. The first-order valence-corrected chi connectivity index (χ1v) is 11.3. The lowest BCUT2D eigenvalue weighted by Gasteiger charge is -2.15. The minimum absolute atomic E-state index is 0.116. The standard InChI is InChI=1S/C26H22F2N6O2/c1-15(2)34-14-29-32-24(34)22-4-3-5-23(30-22)31-25(35)20-10-17-12-33(13-18(17)11-21(20)28)26(36)16-6-8-19(27)9-7-16/h3-11,14-15H,12-13H2,1-2H3,(H,30,31,35). The molecular weight excluding hydrogens is 466 g/mol. The Labute approximate surface area is 205 Å². The smallest absolute Gasteiger partial charge is 0.259 e. The van der Waals surface area contributed by atoms with E-state index in [0.29, 0.717) is 28.2 Å². The van der Waals surface area contributed by atoms with Crippen LogP contribution in [-0.4, -0.2) is 36.5 Å². The molecule has 1 aliphatic heterocycles. The van der Waals surface area contributed by atoms with Gasteiger partial charge in [0, 0.05) is 24.7 Å². The molecule has 0 aliphatic carbocycles. The highest BCUT2D eigenvalue weighted by atomic mass is 19.1. The lowest BCUT2D eigenvalue weighted by atomic mass is 10.1. The summed E-state index contributed by atoms with van der Waals surface area (Å²) >= 11 is 0. The first-order chi connectivity index (χ1) is 17.3. The Bertz CT molecular complexity index is 1470. The normalized spacial score (nSPS) is 12.6. The van der Waals surface area contributed by atoms with Gasteiger partial charge >= 0.3 is 0 Å². The van der Waals surface area contributed by atoms with E-state index in [0.717, 1.165) is 0 Å². The van der Waals surface area contributed by atoms with E-state index >= 15 is 0 Å². The maximum absolute atomic E-state index is 14.9. The Morgan fingerprint density at radius 1 is 1.00 bits per heavy atom. The van der Waals surface area contributed by atoms with E-state index in [1.54, 1.807) is 24.5 Å². The van der Waals surface area contributed by atoms with E-state index in [2.05, 4.69) is 20.5 Å². The van der Waals surface area contributed by atoms with Crippen LogP contribution >= 0.6 is 0 Å². The predicted molar refractivity (Wildman–Crippen MR) is 128 cm³/mol. The van der Waals surface area contributed by atoms with Gasteiger partial charge in [0.2, 0.25) is 0 Å². The van der Waals surface area contributed by atoms with Gasteiger partial charge in [0.15, 0.2) is 5.82 Å². The number of aromatic nitrogens is 4. The van der Waals surface area contributed by atoms with Gasteiger partial charge in [-0.05, 0) is 73.5 Å². The monoisotopic (exact) mass is 488 g/mol. The largest absolute Gasteiger partial charge is 0.330 e. The Morgan fingerprint density at radius 2 is 1.72 bits per heavy atom. The summed E-state index contributed by atoms with van der Waals surface area (Å²) in [7, 11) is 0. The average molecular weight is 488 g/mol. The molecule has 1 aliphatic rings. The molecule has 0 spiro atoms. The third-order valence-electron chi connectivity index (χ3n) is 5.98. The summed E-state index contributed by atoms with van der Waals surface area (Å²) in [4.78, 5) is 31.7. The van der Waals surface area contributed by atoms with Gasteiger partial charge in [-0.1, -0.05) is 6.07 Å². The van der Waals surface area contributed by atoms with Crippen molar-refractivity contribution in [1.82, 2.24) is 24.6 Å². The minimum atomic E-state index is -0.696. The fourth-order valence-corrected chi connectivity index (χ4v) is 4.13. The second kappa shape index (κ2) is 9.29. The predicted octanol–water partition coefficient (Wildman–Crippen LogP) is 4.61. The Morgan fingerprint density at radius 3 is 2.44 bits per heavy atom. The second-order valence-electron chi connectivity index (χ2n) is 8.79. The summed E-state index contributed by atoms with van der Waals surface area (Å²) < 4.78 is 29.9. The summed E-state index contributed by atoms with van der Waals surface area (Å²) in [6, 6.07) is 13.2. The molecule has 36 heavy (non-hydrogen) atoms. The van der Waals surface area contributed by atoms with Crippen molar-refractivity contribution in [2.45, 2.75) is 33.0 Å². The lowest BCUT2D eigenvalue weighted by Crippen LogP contribution is -2.25. The zero-order valence-electron chi connectivity index (χ0n) is 19.6. The Kier molecular flexibility index (Phi) is 6.01. The van der Waals surface area contributed by atoms with Gasteiger partial charge in [-0.15, -0.1) is 10.2 Å². The van der Waals surface area contributed by atoms with Crippen molar-refractivity contribution in [2.24, 2.45) is 0 Å². The molecule has 0 radical (unpaired) electrons. The number of anilines is 1. The summed E-state index contributed by atoms with van der Waals surface area (Å²) in [6.07, 6.45) is 1.61. The molecule has 0 saturated carbocycles. The van der Waals surface area contributed by atoms with Gasteiger partial charge < -0.3 is 14.8 Å². The molecular formula is C26H22F2N6O2. The van der Waals surface area contributed by atoms with Crippen LogP contribution in [0.1, 0.15) is 51.7 Å². The van der Waals surface area contributed by atoms with Crippen LogP contribution in [0.5, 0.6) is 0 Å². The number of amides is 2. The summed E-state index contributed by atoms with van der Waals surface area (Å²) in [5.41, 5.74) is 1.99. The van der Waals surface area contributed by atoms with Crippen molar-refractivity contribution < 1.29 is 18.4 Å². The lowest BCUT2D eigenvalue weighted by molar-refractivity contribution is 0.0751. The average Bonchev–Trinajstić information content (AvgIpc) is 3.51. The third-order valence-corrected chi connectivity index (χ3v) is 5.98. The number of carbonyl (C=O) groups is 2. The molecule has 8 nitrogen and oxygen atoms in total. The number of pyridine rings is 1. The van der Waals surface area contributed by atoms with E-state index in [1.807, 2.05) is 18.4 Å². The maximum atomic E-state index is 14.9. The first kappa shape index (κ1) is 23.3. The highest BCUT2D eigenvalue weighted by Gasteiger charge is 2.27. The van der Waals surface area contributed by atoms with Crippen LogP contribution in [0.2, 0.25) is 0 Å². The molecule has 0 bridgehead atoms. The number of rotatable bonds is 5. The number of carbonyl (C=O) groups excluding carboxylic acids is 2. The topological polar surface area (TPSA) is 93.0 Å². The number of nitrogens with one attached hydrogen (secondary N) is 1. The van der Waals surface area contributed by atoms with Crippen molar-refractivity contribution in [3.63, 3.8) is 0 Å². The fourth-order valence-electron chi connectivity index (χ4n) is 4.13. The Hall–Kier alpha value is -4.47. The molecule has 5 rings (SSSR count). The van der Waals surface area contributed by atoms with Gasteiger partial charge in [0.05, 0.1) is 5.56 Å². The van der Waals surface area contributed by atoms with Crippen molar-refractivity contribution >= 4 is 17.6 Å². The van der Waals surface area contributed by atoms with Gasteiger partial charge in [0.25, 0.3) is 11.8 Å². The van der Waals surface area contributed by atoms with Crippen LogP contribution in [0.4, 0.5) is 14.6 Å². The number of hydrogen-bond donors (Lipinski definition) is 1.